The van der Waals surface area contributed by atoms with Crippen LogP contribution in [-0.2, 0) is 0 Å². The number of rotatable bonds is 1. The molecular formula is C8H8O3-2. The normalized spacial score (nSPS) is 12.9. The van der Waals surface area contributed by atoms with Crippen LogP contribution in [0.5, 0.6) is 11.5 Å². The molecule has 3 nitrogen and oxygen atoms in total. The van der Waals surface area contributed by atoms with Crippen LogP contribution in [0.2, 0.25) is 0 Å². The van der Waals surface area contributed by atoms with E-state index in [1.165, 1.54) is 25.1 Å². The van der Waals surface area contributed by atoms with Gasteiger partial charge in [-0.05, 0) is 12.1 Å². The summed E-state index contributed by atoms with van der Waals surface area (Å²) in [4.78, 5) is 0. The molecular weight excluding hydrogens is 144 g/mol. The standard InChI is InChI=1S/C8H9O3/c1-5(9)7-4-6(10)2-3-8(7)11/h2-5,10-11H,1H3/q-1/p-1. The number of benzene rings is 1. The Bertz CT molecular complexity index is 256. The van der Waals surface area contributed by atoms with Gasteiger partial charge in [-0.3, -0.25) is 0 Å². The van der Waals surface area contributed by atoms with Gasteiger partial charge in [-0.15, -0.1) is 11.9 Å². The minimum atomic E-state index is -1.07. The summed E-state index contributed by atoms with van der Waals surface area (Å²) in [5.74, 6) is -0.354. The van der Waals surface area contributed by atoms with Gasteiger partial charge in [0.25, 0.3) is 0 Å². The molecule has 11 heavy (non-hydrogen) atoms. The second-order valence-electron chi connectivity index (χ2n) is 2.36. The second-order valence-corrected chi connectivity index (χ2v) is 2.36. The minimum absolute atomic E-state index is 0.0395. The Morgan fingerprint density at radius 3 is 2.55 bits per heavy atom. The molecule has 0 heterocycles. The predicted molar refractivity (Wildman–Crippen MR) is 36.0 cm³/mol. The van der Waals surface area contributed by atoms with Crippen LogP contribution in [0.25, 0.3) is 0 Å². The van der Waals surface area contributed by atoms with Gasteiger partial charge in [0.1, 0.15) is 5.75 Å². The lowest BCUT2D eigenvalue weighted by molar-refractivity contribution is -0.422. The van der Waals surface area contributed by atoms with Crippen LogP contribution in [0.3, 0.4) is 0 Å². The van der Waals surface area contributed by atoms with Crippen molar-refractivity contribution in [2.24, 2.45) is 0 Å². The molecule has 0 aliphatic carbocycles. The molecule has 0 spiro atoms. The predicted octanol–water partition coefficient (Wildman–Crippen LogP) is -0.113. The number of hydrogen-bond acceptors (Lipinski definition) is 3. The molecule has 1 N–H and O–H groups in total. The maximum Gasteiger partial charge on any atom is 0.115 e. The quantitative estimate of drug-likeness (QED) is 0.610. The third-order valence-electron chi connectivity index (χ3n) is 1.43. The molecule has 1 rings (SSSR count). The Morgan fingerprint density at radius 1 is 1.45 bits per heavy atom. The van der Waals surface area contributed by atoms with E-state index in [2.05, 4.69) is 0 Å². The van der Waals surface area contributed by atoms with Crippen molar-refractivity contribution < 1.29 is 15.3 Å². The molecule has 0 aliphatic heterocycles. The fourth-order valence-electron chi connectivity index (χ4n) is 0.854. The molecule has 0 amide bonds. The maximum atomic E-state index is 10.9. The Kier molecular flexibility index (Phi) is 2.01. The van der Waals surface area contributed by atoms with Crippen LogP contribution in [0.15, 0.2) is 18.2 Å². The van der Waals surface area contributed by atoms with Crippen LogP contribution in [0.4, 0.5) is 0 Å². The first-order valence-corrected chi connectivity index (χ1v) is 3.27. The van der Waals surface area contributed by atoms with E-state index in [4.69, 9.17) is 5.11 Å². The number of phenols is 1. The van der Waals surface area contributed by atoms with Crippen LogP contribution < -0.4 is 10.2 Å². The van der Waals surface area contributed by atoms with Gasteiger partial charge >= 0.3 is 0 Å². The molecule has 0 fully saturated rings. The third kappa shape index (κ3) is 1.62. The topological polar surface area (TPSA) is 66.3 Å². The summed E-state index contributed by atoms with van der Waals surface area (Å²) >= 11 is 0. The highest BCUT2D eigenvalue weighted by Gasteiger charge is 1.95. The van der Waals surface area contributed by atoms with Crippen molar-refractivity contribution in [3.63, 3.8) is 0 Å². The van der Waals surface area contributed by atoms with Gasteiger partial charge in [0.15, 0.2) is 0 Å². The zero-order valence-corrected chi connectivity index (χ0v) is 6.07. The van der Waals surface area contributed by atoms with Crippen LogP contribution in [0.1, 0.15) is 18.6 Å². The lowest BCUT2D eigenvalue weighted by Crippen LogP contribution is -2.13. The molecule has 1 unspecified atom stereocenters. The number of hydrogen-bond donors (Lipinski definition) is 1. The average Bonchev–Trinajstić information content (AvgIpc) is 1.94. The first kappa shape index (κ1) is 7.88. The smallest absolute Gasteiger partial charge is 0.115 e. The summed E-state index contributed by atoms with van der Waals surface area (Å²) in [5, 5.41) is 30.6. The summed E-state index contributed by atoms with van der Waals surface area (Å²) in [5.41, 5.74) is 0.116. The molecule has 3 heteroatoms. The van der Waals surface area contributed by atoms with E-state index in [0.29, 0.717) is 0 Å². The van der Waals surface area contributed by atoms with Crippen molar-refractivity contribution in [2.75, 3.05) is 0 Å². The Labute approximate surface area is 64.5 Å². The van der Waals surface area contributed by atoms with Crippen molar-refractivity contribution in [3.05, 3.63) is 23.8 Å². The van der Waals surface area contributed by atoms with Gasteiger partial charge in [0.2, 0.25) is 0 Å². The molecule has 1 aromatic carbocycles. The fourth-order valence-corrected chi connectivity index (χ4v) is 0.854. The van der Waals surface area contributed by atoms with Gasteiger partial charge in [0.05, 0.1) is 0 Å². The van der Waals surface area contributed by atoms with Crippen molar-refractivity contribution in [3.8, 4) is 11.5 Å². The lowest BCUT2D eigenvalue weighted by atomic mass is 10.1. The lowest BCUT2D eigenvalue weighted by Gasteiger charge is -2.23. The van der Waals surface area contributed by atoms with Gasteiger partial charge in [-0.2, -0.15) is 0 Å². The van der Waals surface area contributed by atoms with Gasteiger partial charge in [0, 0.05) is 0 Å². The monoisotopic (exact) mass is 152 g/mol. The summed E-state index contributed by atoms with van der Waals surface area (Å²) in [6.07, 6.45) is -1.07. The highest BCUT2D eigenvalue weighted by molar-refractivity contribution is 5.38. The van der Waals surface area contributed by atoms with E-state index in [-0.39, 0.29) is 17.1 Å². The zero-order valence-electron chi connectivity index (χ0n) is 6.07. The maximum absolute atomic E-state index is 10.9. The van der Waals surface area contributed by atoms with Gasteiger partial charge < -0.3 is 15.3 Å². The molecule has 0 aliphatic rings. The van der Waals surface area contributed by atoms with E-state index in [1.807, 2.05) is 0 Å². The molecule has 0 saturated carbocycles. The third-order valence-corrected chi connectivity index (χ3v) is 1.43. The highest BCUT2D eigenvalue weighted by Crippen LogP contribution is 2.23. The van der Waals surface area contributed by atoms with E-state index >= 15 is 0 Å². The zero-order chi connectivity index (χ0) is 8.43. The molecule has 0 radical (unpaired) electrons. The van der Waals surface area contributed by atoms with Crippen LogP contribution in [-0.4, -0.2) is 5.11 Å². The second kappa shape index (κ2) is 2.80. The summed E-state index contributed by atoms with van der Waals surface area (Å²) in [7, 11) is 0. The molecule has 1 aromatic rings. The summed E-state index contributed by atoms with van der Waals surface area (Å²) in [6, 6.07) is 3.67. The Balaban J connectivity index is 3.13. The van der Waals surface area contributed by atoms with Crippen LogP contribution in [0, 0.1) is 0 Å². The Morgan fingerprint density at radius 2 is 2.09 bits per heavy atom. The highest BCUT2D eigenvalue weighted by atomic mass is 16.3. The van der Waals surface area contributed by atoms with Crippen molar-refractivity contribution >= 4 is 0 Å². The SMILES string of the molecule is CC([O-])c1cc(O)ccc1[O-]. The van der Waals surface area contributed by atoms with Crippen molar-refractivity contribution in [2.45, 2.75) is 13.0 Å². The minimum Gasteiger partial charge on any atom is -0.872 e. The van der Waals surface area contributed by atoms with Gasteiger partial charge in [-0.1, -0.05) is 18.6 Å². The largest absolute Gasteiger partial charge is 0.872 e. The van der Waals surface area contributed by atoms with Crippen LogP contribution >= 0.6 is 0 Å². The number of aromatic hydroxyl groups is 1. The first-order valence-electron chi connectivity index (χ1n) is 3.27. The average molecular weight is 152 g/mol. The van der Waals surface area contributed by atoms with E-state index in [1.54, 1.807) is 0 Å². The molecule has 0 aromatic heterocycles. The summed E-state index contributed by atoms with van der Waals surface area (Å²) < 4.78 is 0. The van der Waals surface area contributed by atoms with Crippen molar-refractivity contribution in [1.82, 2.24) is 0 Å². The fraction of sp³-hybridized carbons (Fsp3) is 0.250. The molecule has 1 atom stereocenters. The first-order chi connectivity index (χ1) is 5.11. The Hall–Kier alpha value is -1.22. The molecule has 0 bridgehead atoms. The number of phenolic OH excluding ortho intramolecular Hbond substituents is 1. The molecule has 60 valence electrons. The van der Waals surface area contributed by atoms with Crippen molar-refractivity contribution in [1.29, 1.82) is 0 Å². The van der Waals surface area contributed by atoms with E-state index < -0.39 is 6.10 Å². The molecule has 0 saturated heterocycles. The van der Waals surface area contributed by atoms with E-state index in [9.17, 15) is 10.2 Å². The summed E-state index contributed by atoms with van der Waals surface area (Å²) in [6.45, 7) is 1.37. The van der Waals surface area contributed by atoms with E-state index in [0.717, 1.165) is 0 Å². The van der Waals surface area contributed by atoms with Gasteiger partial charge in [-0.25, -0.2) is 0 Å².